The van der Waals surface area contributed by atoms with Crippen molar-refractivity contribution in [3.8, 4) is 78.6 Å². The second kappa shape index (κ2) is 19.0. The maximum atomic E-state index is 11.8. The standard InChI is InChI=1S/C65H58N3O.Pt/c1-63(2,3)51-30-32-58(55(41-51)44-22-14-10-15-23-44)68-59-29-19-28-54(61(59)67-62(68)56-42-52(64(4,5)6)31-33-60(56)69)48-36-47(43-20-12-9-13-21-43)37-49(38-48)57-40-46(34-35-66-57)45-24-18-27-53(39-45)65(7,8)50-25-16-11-17-26-50;/h9-37,39-42,69H,1-8H3;/q-1;. The number of benzene rings is 8. The Morgan fingerprint density at radius 3 is 1.70 bits per heavy atom. The number of phenolic OH excluding ortho intramolecular Hbond substituents is 1. The number of phenols is 1. The molecule has 350 valence electrons. The summed E-state index contributed by atoms with van der Waals surface area (Å²) in [4.78, 5) is 10.6. The van der Waals surface area contributed by atoms with Gasteiger partial charge in [-0.05, 0) is 91.7 Å². The first-order valence-corrected chi connectivity index (χ1v) is 24.0. The van der Waals surface area contributed by atoms with Crippen LogP contribution in [0.4, 0.5) is 0 Å². The average molecular weight is 1090 g/mol. The van der Waals surface area contributed by atoms with Gasteiger partial charge in [-0.25, -0.2) is 4.98 Å². The van der Waals surface area contributed by atoms with Gasteiger partial charge in [0.05, 0.1) is 22.3 Å². The number of nitrogens with zero attached hydrogens (tertiary/aromatic N) is 3. The second-order valence-electron chi connectivity index (χ2n) is 20.8. The molecule has 0 aliphatic carbocycles. The van der Waals surface area contributed by atoms with Crippen molar-refractivity contribution in [3.63, 3.8) is 0 Å². The molecule has 0 aliphatic rings. The Balaban J connectivity index is 0.00000608. The smallest absolute Gasteiger partial charge is 0.148 e. The van der Waals surface area contributed by atoms with E-state index in [-0.39, 0.29) is 43.1 Å². The maximum absolute atomic E-state index is 11.8. The topological polar surface area (TPSA) is 50.9 Å². The van der Waals surface area contributed by atoms with Gasteiger partial charge >= 0.3 is 0 Å². The summed E-state index contributed by atoms with van der Waals surface area (Å²) in [6, 6.07) is 72.3. The van der Waals surface area contributed by atoms with Crippen molar-refractivity contribution in [3.05, 3.63) is 229 Å². The van der Waals surface area contributed by atoms with Crippen LogP contribution < -0.4 is 0 Å². The van der Waals surface area contributed by atoms with Gasteiger partial charge in [-0.15, -0.1) is 23.8 Å². The molecule has 0 saturated carbocycles. The Kier molecular flexibility index (Phi) is 13.0. The van der Waals surface area contributed by atoms with Crippen molar-refractivity contribution < 1.29 is 26.2 Å². The number of para-hydroxylation sites is 1. The predicted molar refractivity (Wildman–Crippen MR) is 288 cm³/mol. The van der Waals surface area contributed by atoms with Gasteiger partial charge in [-0.2, -0.15) is 0 Å². The van der Waals surface area contributed by atoms with Crippen molar-refractivity contribution >= 4 is 11.0 Å². The largest absolute Gasteiger partial charge is 0.507 e. The number of hydrogen-bond acceptors (Lipinski definition) is 3. The quantitative estimate of drug-likeness (QED) is 0.147. The van der Waals surface area contributed by atoms with E-state index in [9.17, 15) is 5.11 Å². The fraction of sp³-hybridized carbons (Fsp3) is 0.169. The van der Waals surface area contributed by atoms with Gasteiger partial charge in [-0.3, -0.25) is 9.55 Å². The fourth-order valence-corrected chi connectivity index (χ4v) is 9.49. The Hall–Kier alpha value is -7.13. The van der Waals surface area contributed by atoms with E-state index in [0.29, 0.717) is 11.4 Å². The number of imidazole rings is 1. The van der Waals surface area contributed by atoms with Crippen LogP contribution in [0.15, 0.2) is 200 Å². The molecular weight excluding hydrogens is 1030 g/mol. The zero-order valence-corrected chi connectivity index (χ0v) is 43.4. The third kappa shape index (κ3) is 9.34. The summed E-state index contributed by atoms with van der Waals surface area (Å²) in [5, 5.41) is 11.8. The molecule has 10 aromatic rings. The molecule has 0 aliphatic heterocycles. The van der Waals surface area contributed by atoms with E-state index < -0.39 is 0 Å². The zero-order valence-electron chi connectivity index (χ0n) is 41.2. The summed E-state index contributed by atoms with van der Waals surface area (Å²) >= 11 is 0. The molecule has 0 atom stereocenters. The minimum absolute atomic E-state index is 0. The molecule has 1 N–H and O–H groups in total. The van der Waals surface area contributed by atoms with Crippen LogP contribution in [0.1, 0.15) is 77.6 Å². The number of pyridine rings is 1. The third-order valence-corrected chi connectivity index (χ3v) is 13.7. The van der Waals surface area contributed by atoms with Crippen molar-refractivity contribution in [2.24, 2.45) is 0 Å². The maximum Gasteiger partial charge on any atom is 0.148 e. The number of aromatic nitrogens is 3. The summed E-state index contributed by atoms with van der Waals surface area (Å²) in [5.74, 6) is 0.835. The first kappa shape index (κ1) is 47.9. The number of rotatable bonds is 9. The van der Waals surface area contributed by atoms with Gasteiger partial charge < -0.3 is 5.11 Å². The molecule has 0 amide bonds. The van der Waals surface area contributed by atoms with Crippen molar-refractivity contribution in [2.45, 2.75) is 71.6 Å². The van der Waals surface area contributed by atoms with Gasteiger partial charge in [0.2, 0.25) is 0 Å². The Labute approximate surface area is 428 Å². The minimum Gasteiger partial charge on any atom is -0.507 e. The normalized spacial score (nSPS) is 11.9. The van der Waals surface area contributed by atoms with Gasteiger partial charge in [0.15, 0.2) is 0 Å². The molecule has 2 aromatic heterocycles. The third-order valence-electron chi connectivity index (χ3n) is 13.7. The van der Waals surface area contributed by atoms with Crippen LogP contribution in [-0.4, -0.2) is 19.6 Å². The van der Waals surface area contributed by atoms with E-state index in [2.05, 4.69) is 248 Å². The molecule has 4 nitrogen and oxygen atoms in total. The van der Waals surface area contributed by atoms with Crippen molar-refractivity contribution in [1.82, 2.24) is 14.5 Å². The van der Waals surface area contributed by atoms with Crippen LogP contribution in [0.2, 0.25) is 0 Å². The van der Waals surface area contributed by atoms with E-state index in [4.69, 9.17) is 9.97 Å². The molecule has 8 aromatic carbocycles. The summed E-state index contributed by atoms with van der Waals surface area (Å²) in [7, 11) is 0. The van der Waals surface area contributed by atoms with Gasteiger partial charge in [0, 0.05) is 43.9 Å². The zero-order chi connectivity index (χ0) is 48.1. The molecule has 0 radical (unpaired) electrons. The molecule has 0 bridgehead atoms. The van der Waals surface area contributed by atoms with Gasteiger partial charge in [0.25, 0.3) is 0 Å². The van der Waals surface area contributed by atoms with E-state index >= 15 is 0 Å². The predicted octanol–water partition coefficient (Wildman–Crippen LogP) is 16.8. The Bertz CT molecular complexity index is 3490. The van der Waals surface area contributed by atoms with Crippen LogP contribution >= 0.6 is 0 Å². The first-order chi connectivity index (χ1) is 33.1. The number of hydrogen-bond donors (Lipinski definition) is 1. The summed E-state index contributed by atoms with van der Waals surface area (Å²) in [5.41, 5.74) is 17.9. The molecule has 5 heteroatoms. The molecule has 0 unspecified atom stereocenters. The van der Waals surface area contributed by atoms with Crippen LogP contribution in [0.3, 0.4) is 0 Å². The second-order valence-corrected chi connectivity index (χ2v) is 20.8. The summed E-state index contributed by atoms with van der Waals surface area (Å²) < 4.78 is 2.25. The first-order valence-electron chi connectivity index (χ1n) is 24.0. The molecule has 0 fully saturated rings. The molecule has 0 saturated heterocycles. The molecule has 2 heterocycles. The van der Waals surface area contributed by atoms with E-state index in [1.54, 1.807) is 0 Å². The van der Waals surface area contributed by atoms with Crippen LogP contribution in [0.25, 0.3) is 83.9 Å². The number of aromatic hydroxyl groups is 1. The van der Waals surface area contributed by atoms with Gasteiger partial charge in [0.1, 0.15) is 11.6 Å². The van der Waals surface area contributed by atoms with Crippen molar-refractivity contribution in [1.29, 1.82) is 0 Å². The molecular formula is C65H58N3OPt-. The molecule has 0 spiro atoms. The Morgan fingerprint density at radius 2 is 1.01 bits per heavy atom. The van der Waals surface area contributed by atoms with Crippen LogP contribution in [-0.2, 0) is 37.3 Å². The van der Waals surface area contributed by atoms with Gasteiger partial charge in [-0.1, -0.05) is 218 Å². The van der Waals surface area contributed by atoms with E-state index in [1.807, 2.05) is 18.3 Å². The van der Waals surface area contributed by atoms with Crippen LogP contribution in [0, 0.1) is 6.07 Å². The summed E-state index contributed by atoms with van der Waals surface area (Å²) in [6.45, 7) is 17.9. The summed E-state index contributed by atoms with van der Waals surface area (Å²) in [6.07, 6.45) is 1.91. The SMILES string of the molecule is CC(C)(C)c1ccc(O)c(-c2nc3c(-c4[c-]c(-c5cc(-c6cccc(C(C)(C)c7ccccc7)c6)ccn5)cc(-c5ccccc5)c4)cccc3n2-c2ccc(C(C)(C)C)cc2-c2ccccc2)c1.[Pt]. The fourth-order valence-electron chi connectivity index (χ4n) is 9.49. The Morgan fingerprint density at radius 1 is 0.443 bits per heavy atom. The van der Waals surface area contributed by atoms with Crippen molar-refractivity contribution in [2.75, 3.05) is 0 Å². The average Bonchev–Trinajstić information content (AvgIpc) is 3.76. The molecule has 70 heavy (non-hydrogen) atoms. The van der Waals surface area contributed by atoms with E-state index in [0.717, 1.165) is 78.0 Å². The van der Waals surface area contributed by atoms with E-state index in [1.165, 1.54) is 16.7 Å². The van der Waals surface area contributed by atoms with Crippen LogP contribution in [0.5, 0.6) is 5.75 Å². The monoisotopic (exact) mass is 1090 g/mol. The molecule has 10 rings (SSSR count). The number of fused-ring (bicyclic) bond motifs is 1. The minimum atomic E-state index is -0.180.